The van der Waals surface area contributed by atoms with Crippen molar-refractivity contribution in [3.05, 3.63) is 54.0 Å². The summed E-state index contributed by atoms with van der Waals surface area (Å²) in [6.07, 6.45) is 5.83. The number of ether oxygens (including phenoxy) is 1. The molecule has 9 nitrogen and oxygen atoms in total. The Hall–Kier alpha value is -3.33. The van der Waals surface area contributed by atoms with Gasteiger partial charge in [-0.25, -0.2) is 9.78 Å². The summed E-state index contributed by atoms with van der Waals surface area (Å²) in [7, 11) is 0. The highest BCUT2D eigenvalue weighted by Crippen LogP contribution is 2.26. The molecule has 2 aliphatic heterocycles. The molecule has 0 radical (unpaired) electrons. The number of likely N-dealkylation sites (tertiary alicyclic amines) is 2. The summed E-state index contributed by atoms with van der Waals surface area (Å²) < 4.78 is 5.30. The standard InChI is InChI=1S/C28H37N5O4/c1-28(2,3)37-27(36)31-24-18-20(7-13-30-24)19-32-14-8-22(9-15-32)26(35)33-16-10-21(11-17-33)25(34)23-6-4-5-12-29-23/h4-7,12-13,18,21-22H,8-11,14-17,19H2,1-3H3,(H,30,31,36). The van der Waals surface area contributed by atoms with E-state index in [0.717, 1.165) is 38.0 Å². The number of piperidine rings is 2. The predicted octanol–water partition coefficient (Wildman–Crippen LogP) is 4.16. The van der Waals surface area contributed by atoms with Gasteiger partial charge in [0.2, 0.25) is 5.91 Å². The molecule has 2 amide bonds. The van der Waals surface area contributed by atoms with Crippen molar-refractivity contribution in [2.45, 2.75) is 58.6 Å². The molecule has 4 rings (SSSR count). The third-order valence-electron chi connectivity index (χ3n) is 6.89. The van der Waals surface area contributed by atoms with Gasteiger partial charge in [-0.15, -0.1) is 0 Å². The molecule has 0 bridgehead atoms. The molecule has 2 saturated heterocycles. The third-order valence-corrected chi connectivity index (χ3v) is 6.89. The number of pyridine rings is 2. The first-order valence-corrected chi connectivity index (χ1v) is 13.1. The van der Waals surface area contributed by atoms with Gasteiger partial charge < -0.3 is 9.64 Å². The van der Waals surface area contributed by atoms with Crippen molar-refractivity contribution in [3.8, 4) is 0 Å². The first-order chi connectivity index (χ1) is 17.7. The van der Waals surface area contributed by atoms with Gasteiger partial charge in [-0.1, -0.05) is 6.07 Å². The fraction of sp³-hybridized carbons (Fsp3) is 0.536. The smallest absolute Gasteiger partial charge is 0.413 e. The number of hydrogen-bond acceptors (Lipinski definition) is 7. The molecule has 2 aliphatic rings. The first kappa shape index (κ1) is 26.7. The Balaban J connectivity index is 1.21. The molecular weight excluding hydrogens is 470 g/mol. The van der Waals surface area contributed by atoms with E-state index in [2.05, 4.69) is 20.2 Å². The fourth-order valence-corrected chi connectivity index (χ4v) is 4.98. The number of rotatable bonds is 6. The number of aromatic nitrogens is 2. The number of carbonyl (C=O) groups excluding carboxylic acids is 3. The van der Waals surface area contributed by atoms with E-state index in [1.807, 2.05) is 49.9 Å². The number of hydrogen-bond donors (Lipinski definition) is 1. The van der Waals surface area contributed by atoms with Crippen molar-refractivity contribution in [3.63, 3.8) is 0 Å². The normalized spacial score (nSPS) is 17.9. The van der Waals surface area contributed by atoms with Gasteiger partial charge in [0.05, 0.1) is 0 Å². The molecule has 0 saturated carbocycles. The van der Waals surface area contributed by atoms with Crippen LogP contribution < -0.4 is 5.32 Å². The molecule has 1 N–H and O–H groups in total. The van der Waals surface area contributed by atoms with E-state index in [-0.39, 0.29) is 23.5 Å². The van der Waals surface area contributed by atoms with Gasteiger partial charge in [0, 0.05) is 43.9 Å². The van der Waals surface area contributed by atoms with Crippen LogP contribution in [0.15, 0.2) is 42.7 Å². The van der Waals surface area contributed by atoms with Crippen LogP contribution in [-0.4, -0.2) is 69.3 Å². The van der Waals surface area contributed by atoms with Crippen LogP contribution in [0, 0.1) is 11.8 Å². The van der Waals surface area contributed by atoms with Crippen LogP contribution in [0.4, 0.5) is 10.6 Å². The summed E-state index contributed by atoms with van der Waals surface area (Å²) in [6, 6.07) is 9.20. The summed E-state index contributed by atoms with van der Waals surface area (Å²) in [5.74, 6) is 0.733. The number of ketones is 1. The average Bonchev–Trinajstić information content (AvgIpc) is 2.88. The lowest BCUT2D eigenvalue weighted by molar-refractivity contribution is -0.138. The Bertz CT molecular complexity index is 1090. The van der Waals surface area contributed by atoms with E-state index in [0.29, 0.717) is 37.4 Å². The first-order valence-electron chi connectivity index (χ1n) is 13.1. The minimum Gasteiger partial charge on any atom is -0.444 e. The van der Waals surface area contributed by atoms with Crippen molar-refractivity contribution in [2.24, 2.45) is 11.8 Å². The maximum atomic E-state index is 13.2. The summed E-state index contributed by atoms with van der Waals surface area (Å²) in [6.45, 7) is 9.11. The second-order valence-corrected chi connectivity index (χ2v) is 10.9. The molecule has 2 fully saturated rings. The Kier molecular flexibility index (Phi) is 8.53. The van der Waals surface area contributed by atoms with Crippen LogP contribution in [0.3, 0.4) is 0 Å². The molecule has 0 atom stereocenters. The largest absolute Gasteiger partial charge is 0.444 e. The lowest BCUT2D eigenvalue weighted by atomic mass is 9.89. The zero-order chi connectivity index (χ0) is 26.4. The molecule has 37 heavy (non-hydrogen) atoms. The van der Waals surface area contributed by atoms with Gasteiger partial charge in [-0.05, 0) is 89.4 Å². The van der Waals surface area contributed by atoms with Gasteiger partial charge in [-0.3, -0.25) is 24.8 Å². The van der Waals surface area contributed by atoms with E-state index in [4.69, 9.17) is 4.74 Å². The van der Waals surface area contributed by atoms with E-state index in [1.54, 1.807) is 18.5 Å². The molecule has 0 spiro atoms. The topological polar surface area (TPSA) is 105 Å². The van der Waals surface area contributed by atoms with Gasteiger partial charge in [0.25, 0.3) is 0 Å². The second kappa shape index (κ2) is 11.8. The fourth-order valence-electron chi connectivity index (χ4n) is 4.98. The molecule has 9 heteroatoms. The summed E-state index contributed by atoms with van der Waals surface area (Å²) >= 11 is 0. The van der Waals surface area contributed by atoms with Crippen LogP contribution in [0.25, 0.3) is 0 Å². The average molecular weight is 508 g/mol. The predicted molar refractivity (Wildman–Crippen MR) is 140 cm³/mol. The van der Waals surface area contributed by atoms with Crippen LogP contribution in [0.1, 0.15) is 62.5 Å². The lowest BCUT2D eigenvalue weighted by Crippen LogP contribution is -2.46. The quantitative estimate of drug-likeness (QED) is 0.586. The molecule has 198 valence electrons. The number of nitrogens with one attached hydrogen (secondary N) is 1. The third kappa shape index (κ3) is 7.58. The zero-order valence-electron chi connectivity index (χ0n) is 22.0. The molecule has 4 heterocycles. The molecule has 0 aliphatic carbocycles. The molecule has 2 aromatic rings. The number of anilines is 1. The highest BCUT2D eigenvalue weighted by molar-refractivity contribution is 5.96. The SMILES string of the molecule is CC(C)(C)OC(=O)Nc1cc(CN2CCC(C(=O)N3CCC(C(=O)c4ccccn4)CC3)CC2)ccn1. The van der Waals surface area contributed by atoms with Crippen molar-refractivity contribution in [1.29, 1.82) is 0 Å². The highest BCUT2D eigenvalue weighted by atomic mass is 16.6. The summed E-state index contributed by atoms with van der Waals surface area (Å²) in [5, 5.41) is 2.69. The minimum absolute atomic E-state index is 0.0288. The maximum Gasteiger partial charge on any atom is 0.413 e. The van der Waals surface area contributed by atoms with E-state index >= 15 is 0 Å². The van der Waals surface area contributed by atoms with E-state index < -0.39 is 11.7 Å². The number of nitrogens with zero attached hydrogens (tertiary/aromatic N) is 4. The number of Topliss-reactive ketones (excluding diaryl/α,β-unsaturated/α-hetero) is 1. The summed E-state index contributed by atoms with van der Waals surface area (Å²) in [5.41, 5.74) is 0.989. The van der Waals surface area contributed by atoms with Crippen molar-refractivity contribution >= 4 is 23.6 Å². The van der Waals surface area contributed by atoms with E-state index in [1.165, 1.54) is 0 Å². The van der Waals surface area contributed by atoms with Crippen molar-refractivity contribution in [1.82, 2.24) is 19.8 Å². The van der Waals surface area contributed by atoms with Gasteiger partial charge in [-0.2, -0.15) is 0 Å². The van der Waals surface area contributed by atoms with Crippen LogP contribution in [-0.2, 0) is 16.1 Å². The van der Waals surface area contributed by atoms with Crippen molar-refractivity contribution < 1.29 is 19.1 Å². The molecule has 0 unspecified atom stereocenters. The maximum absolute atomic E-state index is 13.2. The second-order valence-electron chi connectivity index (χ2n) is 10.9. The minimum atomic E-state index is -0.573. The van der Waals surface area contributed by atoms with Gasteiger partial charge in [0.15, 0.2) is 5.78 Å². The highest BCUT2D eigenvalue weighted by Gasteiger charge is 2.33. The van der Waals surface area contributed by atoms with Crippen molar-refractivity contribution in [2.75, 3.05) is 31.5 Å². The Labute approximate surface area is 218 Å². The summed E-state index contributed by atoms with van der Waals surface area (Å²) in [4.78, 5) is 50.6. The van der Waals surface area contributed by atoms with Crippen LogP contribution >= 0.6 is 0 Å². The monoisotopic (exact) mass is 507 g/mol. The molecular formula is C28H37N5O4. The van der Waals surface area contributed by atoms with Gasteiger partial charge >= 0.3 is 6.09 Å². The molecule has 0 aromatic carbocycles. The number of amides is 2. The van der Waals surface area contributed by atoms with Crippen LogP contribution in [0.5, 0.6) is 0 Å². The lowest BCUT2D eigenvalue weighted by Gasteiger charge is -2.37. The van der Waals surface area contributed by atoms with Crippen LogP contribution in [0.2, 0.25) is 0 Å². The Morgan fingerprint density at radius 3 is 2.30 bits per heavy atom. The van der Waals surface area contributed by atoms with Gasteiger partial charge in [0.1, 0.15) is 17.1 Å². The Morgan fingerprint density at radius 1 is 0.946 bits per heavy atom. The Morgan fingerprint density at radius 2 is 1.65 bits per heavy atom. The number of carbonyl (C=O) groups is 3. The molecule has 2 aromatic heterocycles. The van der Waals surface area contributed by atoms with E-state index in [9.17, 15) is 14.4 Å². The zero-order valence-corrected chi connectivity index (χ0v) is 22.0.